The van der Waals surface area contributed by atoms with E-state index >= 15 is 0 Å². The summed E-state index contributed by atoms with van der Waals surface area (Å²) in [7, 11) is 2.56. The average molecular weight is 377 g/mol. The summed E-state index contributed by atoms with van der Waals surface area (Å²) in [5, 5.41) is 0. The van der Waals surface area contributed by atoms with Crippen LogP contribution in [0.2, 0.25) is 0 Å². The fourth-order valence-corrected chi connectivity index (χ4v) is 3.43. The van der Waals surface area contributed by atoms with Gasteiger partial charge in [-0.05, 0) is 26.3 Å². The fraction of sp³-hybridized carbons (Fsp3) is 0.550. The van der Waals surface area contributed by atoms with Gasteiger partial charge in [0.05, 0.1) is 20.6 Å². The zero-order chi connectivity index (χ0) is 20.2. The third kappa shape index (κ3) is 4.99. The molecule has 0 saturated carbocycles. The van der Waals surface area contributed by atoms with Crippen molar-refractivity contribution in [2.75, 3.05) is 20.8 Å². The van der Waals surface area contributed by atoms with Crippen molar-refractivity contribution < 1.29 is 28.6 Å². The number of esters is 2. The lowest BCUT2D eigenvalue weighted by Crippen LogP contribution is -2.46. The largest absolute Gasteiger partial charge is 0.469 e. The molecule has 3 atom stereocenters. The molecule has 27 heavy (non-hydrogen) atoms. The predicted octanol–water partition coefficient (Wildman–Crippen LogP) is 2.74. The van der Waals surface area contributed by atoms with Gasteiger partial charge in [0, 0.05) is 18.4 Å². The van der Waals surface area contributed by atoms with E-state index in [0.717, 1.165) is 5.56 Å². The summed E-state index contributed by atoms with van der Waals surface area (Å²) in [5.74, 6) is -1.71. The van der Waals surface area contributed by atoms with Gasteiger partial charge in [-0.15, -0.1) is 0 Å². The molecule has 0 bridgehead atoms. The van der Waals surface area contributed by atoms with Crippen molar-refractivity contribution in [3.05, 3.63) is 35.9 Å². The van der Waals surface area contributed by atoms with E-state index in [9.17, 15) is 14.4 Å². The number of rotatable bonds is 4. The SMILES string of the molecule is COC(=O)C[C@@H]1[C@@H](C(=O)OC)N(C(=O)OC(C)(C)C)C[C@H]1c1ccccc1. The van der Waals surface area contributed by atoms with Crippen LogP contribution in [0.3, 0.4) is 0 Å². The normalized spacial score (nSPS) is 22.3. The van der Waals surface area contributed by atoms with Crippen LogP contribution in [0, 0.1) is 5.92 Å². The van der Waals surface area contributed by atoms with Crippen molar-refractivity contribution in [2.45, 2.75) is 44.8 Å². The number of likely N-dealkylation sites (tertiary alicyclic amines) is 1. The monoisotopic (exact) mass is 377 g/mol. The van der Waals surface area contributed by atoms with E-state index in [0.29, 0.717) is 0 Å². The van der Waals surface area contributed by atoms with Gasteiger partial charge in [-0.2, -0.15) is 0 Å². The lowest BCUT2D eigenvalue weighted by molar-refractivity contribution is -0.148. The maximum Gasteiger partial charge on any atom is 0.411 e. The van der Waals surface area contributed by atoms with Crippen LogP contribution in [0.5, 0.6) is 0 Å². The molecule has 1 amide bonds. The van der Waals surface area contributed by atoms with Crippen LogP contribution in [-0.4, -0.2) is 55.3 Å². The number of hydrogen-bond acceptors (Lipinski definition) is 6. The van der Waals surface area contributed by atoms with Gasteiger partial charge < -0.3 is 14.2 Å². The average Bonchev–Trinajstić information content (AvgIpc) is 2.99. The van der Waals surface area contributed by atoms with Gasteiger partial charge in [0.25, 0.3) is 0 Å². The van der Waals surface area contributed by atoms with E-state index in [-0.39, 0.29) is 18.9 Å². The van der Waals surface area contributed by atoms with Crippen molar-refractivity contribution in [1.82, 2.24) is 4.90 Å². The molecule has 148 valence electrons. The van der Waals surface area contributed by atoms with Gasteiger partial charge in [0.15, 0.2) is 0 Å². The first kappa shape index (κ1) is 20.7. The van der Waals surface area contributed by atoms with E-state index in [1.165, 1.54) is 19.1 Å². The molecule has 2 rings (SSSR count). The second kappa shape index (κ2) is 8.41. The summed E-state index contributed by atoms with van der Waals surface area (Å²) in [6.45, 7) is 5.53. The van der Waals surface area contributed by atoms with Gasteiger partial charge in [-0.1, -0.05) is 30.3 Å². The van der Waals surface area contributed by atoms with Crippen LogP contribution >= 0.6 is 0 Å². The number of hydrogen-bond donors (Lipinski definition) is 0. The van der Waals surface area contributed by atoms with Gasteiger partial charge in [-0.3, -0.25) is 9.69 Å². The summed E-state index contributed by atoms with van der Waals surface area (Å²) >= 11 is 0. The maximum atomic E-state index is 12.7. The third-order valence-corrected chi connectivity index (χ3v) is 4.58. The van der Waals surface area contributed by atoms with Gasteiger partial charge in [-0.25, -0.2) is 9.59 Å². The first-order valence-electron chi connectivity index (χ1n) is 8.87. The number of methoxy groups -OCH3 is 2. The molecular weight excluding hydrogens is 350 g/mol. The Morgan fingerprint density at radius 3 is 2.22 bits per heavy atom. The Labute approximate surface area is 159 Å². The molecule has 1 aliphatic heterocycles. The zero-order valence-corrected chi connectivity index (χ0v) is 16.4. The summed E-state index contributed by atoms with van der Waals surface area (Å²) in [6, 6.07) is 8.57. The Morgan fingerprint density at radius 1 is 1.07 bits per heavy atom. The highest BCUT2D eigenvalue weighted by atomic mass is 16.6. The highest BCUT2D eigenvalue weighted by molar-refractivity contribution is 5.84. The first-order chi connectivity index (χ1) is 12.7. The summed E-state index contributed by atoms with van der Waals surface area (Å²) < 4.78 is 15.2. The lowest BCUT2D eigenvalue weighted by atomic mass is 9.83. The molecule has 0 radical (unpaired) electrons. The van der Waals surface area contributed by atoms with Gasteiger partial charge in [0.2, 0.25) is 0 Å². The molecule has 0 unspecified atom stereocenters. The van der Waals surface area contributed by atoms with Crippen molar-refractivity contribution >= 4 is 18.0 Å². The van der Waals surface area contributed by atoms with E-state index in [1.807, 2.05) is 30.3 Å². The molecular formula is C20H27NO6. The van der Waals surface area contributed by atoms with E-state index in [4.69, 9.17) is 14.2 Å². The van der Waals surface area contributed by atoms with Crippen LogP contribution in [0.1, 0.15) is 38.7 Å². The molecule has 0 aromatic heterocycles. The molecule has 1 aromatic rings. The van der Waals surface area contributed by atoms with Gasteiger partial charge in [0.1, 0.15) is 11.6 Å². The molecule has 0 spiro atoms. The minimum Gasteiger partial charge on any atom is -0.469 e. The van der Waals surface area contributed by atoms with Crippen molar-refractivity contribution in [1.29, 1.82) is 0 Å². The van der Waals surface area contributed by atoms with Crippen LogP contribution in [0.4, 0.5) is 4.79 Å². The van der Waals surface area contributed by atoms with Crippen molar-refractivity contribution in [3.63, 3.8) is 0 Å². The summed E-state index contributed by atoms with van der Waals surface area (Å²) in [6.07, 6.45) is -0.610. The molecule has 1 saturated heterocycles. The molecule has 0 aliphatic carbocycles. The quantitative estimate of drug-likeness (QED) is 0.593. The number of benzene rings is 1. The second-order valence-corrected chi connectivity index (χ2v) is 7.56. The van der Waals surface area contributed by atoms with Crippen LogP contribution in [0.25, 0.3) is 0 Å². The standard InChI is InChI=1S/C20H27NO6/c1-20(2,3)27-19(24)21-12-15(13-9-7-6-8-10-13)14(11-16(22)25-4)17(21)18(23)26-5/h6-10,14-15,17H,11-12H2,1-5H3/t14-,15-,17-/m0/s1. The highest BCUT2D eigenvalue weighted by Gasteiger charge is 2.50. The summed E-state index contributed by atoms with van der Waals surface area (Å²) in [5.41, 5.74) is 0.229. The van der Waals surface area contributed by atoms with E-state index < -0.39 is 35.6 Å². The molecule has 7 heteroatoms. The Morgan fingerprint density at radius 2 is 1.70 bits per heavy atom. The van der Waals surface area contributed by atoms with Crippen LogP contribution in [0.15, 0.2) is 30.3 Å². The smallest absolute Gasteiger partial charge is 0.411 e. The highest BCUT2D eigenvalue weighted by Crippen LogP contribution is 2.40. The van der Waals surface area contributed by atoms with Crippen LogP contribution in [-0.2, 0) is 23.8 Å². The Hall–Kier alpha value is -2.57. The third-order valence-electron chi connectivity index (χ3n) is 4.58. The molecule has 1 aromatic carbocycles. The van der Waals surface area contributed by atoms with Crippen molar-refractivity contribution in [3.8, 4) is 0 Å². The summed E-state index contributed by atoms with van der Waals surface area (Å²) in [4.78, 5) is 38.6. The number of nitrogens with zero attached hydrogens (tertiary/aromatic N) is 1. The lowest BCUT2D eigenvalue weighted by Gasteiger charge is -2.28. The number of carbonyl (C=O) groups excluding carboxylic acids is 3. The molecule has 7 nitrogen and oxygen atoms in total. The fourth-order valence-electron chi connectivity index (χ4n) is 3.43. The molecule has 1 fully saturated rings. The minimum atomic E-state index is -0.922. The topological polar surface area (TPSA) is 82.1 Å². The minimum absolute atomic E-state index is 0.00484. The zero-order valence-electron chi connectivity index (χ0n) is 16.4. The number of carbonyl (C=O) groups is 3. The Bertz CT molecular complexity index is 681. The van der Waals surface area contributed by atoms with Crippen LogP contribution < -0.4 is 0 Å². The molecule has 0 N–H and O–H groups in total. The molecule has 1 aliphatic rings. The number of amides is 1. The first-order valence-corrected chi connectivity index (χ1v) is 8.87. The predicted molar refractivity (Wildman–Crippen MR) is 98.1 cm³/mol. The maximum absolute atomic E-state index is 12.7. The number of ether oxygens (including phenoxy) is 3. The van der Waals surface area contributed by atoms with E-state index in [2.05, 4.69) is 0 Å². The molecule has 1 heterocycles. The van der Waals surface area contributed by atoms with Gasteiger partial charge >= 0.3 is 18.0 Å². The van der Waals surface area contributed by atoms with E-state index in [1.54, 1.807) is 20.8 Å². The Kier molecular flexibility index (Phi) is 6.46. The van der Waals surface area contributed by atoms with Crippen molar-refractivity contribution in [2.24, 2.45) is 5.92 Å². The second-order valence-electron chi connectivity index (χ2n) is 7.56. The Balaban J connectivity index is 2.43.